The summed E-state index contributed by atoms with van der Waals surface area (Å²) in [4.78, 5) is 14.6. The van der Waals surface area contributed by atoms with Gasteiger partial charge in [0.1, 0.15) is 0 Å². The number of benzene rings is 2. The lowest BCUT2D eigenvalue weighted by molar-refractivity contribution is -0.137. The highest BCUT2D eigenvalue weighted by Crippen LogP contribution is 2.31. The van der Waals surface area contributed by atoms with Crippen molar-refractivity contribution >= 4 is 5.91 Å². The summed E-state index contributed by atoms with van der Waals surface area (Å²) in [5.41, 5.74) is 0.808. The molecular formula is C22H24F3NO3. The molecule has 156 valence electrons. The first-order valence-electron chi connectivity index (χ1n) is 9.49. The van der Waals surface area contributed by atoms with E-state index in [1.165, 1.54) is 7.11 Å². The molecule has 0 spiro atoms. The largest absolute Gasteiger partial charge is 0.493 e. The van der Waals surface area contributed by atoms with Crippen LogP contribution in [0.25, 0.3) is 0 Å². The minimum atomic E-state index is -4.31. The van der Waals surface area contributed by atoms with Crippen LogP contribution in [0, 0.1) is 5.92 Å². The Morgan fingerprint density at radius 2 is 1.62 bits per heavy atom. The monoisotopic (exact) mass is 407 g/mol. The number of likely N-dealkylation sites (tertiary alicyclic amines) is 1. The molecule has 1 aliphatic rings. The summed E-state index contributed by atoms with van der Waals surface area (Å²) in [6.45, 7) is 1.25. The molecule has 0 atom stereocenters. The zero-order valence-electron chi connectivity index (χ0n) is 16.5. The van der Waals surface area contributed by atoms with E-state index in [0.29, 0.717) is 36.1 Å². The van der Waals surface area contributed by atoms with Crippen LogP contribution in [0.1, 0.15) is 34.3 Å². The predicted molar refractivity (Wildman–Crippen MR) is 103 cm³/mol. The van der Waals surface area contributed by atoms with Gasteiger partial charge in [-0.25, -0.2) is 0 Å². The third-order valence-electron chi connectivity index (χ3n) is 5.34. The smallest absolute Gasteiger partial charge is 0.416 e. The average molecular weight is 407 g/mol. The quantitative estimate of drug-likeness (QED) is 0.714. The van der Waals surface area contributed by atoms with Crippen molar-refractivity contribution in [2.45, 2.75) is 25.4 Å². The lowest BCUT2D eigenvalue weighted by Crippen LogP contribution is -2.38. The van der Waals surface area contributed by atoms with Gasteiger partial charge in [0.2, 0.25) is 0 Å². The van der Waals surface area contributed by atoms with Crippen LogP contribution >= 0.6 is 0 Å². The van der Waals surface area contributed by atoms with E-state index in [0.717, 1.165) is 37.0 Å². The number of piperidine rings is 1. The number of rotatable bonds is 5. The Kier molecular flexibility index (Phi) is 6.35. The summed E-state index contributed by atoms with van der Waals surface area (Å²) < 4.78 is 48.5. The maximum Gasteiger partial charge on any atom is 0.416 e. The Morgan fingerprint density at radius 1 is 1.00 bits per heavy atom. The van der Waals surface area contributed by atoms with E-state index < -0.39 is 11.7 Å². The first-order chi connectivity index (χ1) is 13.8. The van der Waals surface area contributed by atoms with Crippen LogP contribution in [0.3, 0.4) is 0 Å². The minimum Gasteiger partial charge on any atom is -0.493 e. The summed E-state index contributed by atoms with van der Waals surface area (Å²) >= 11 is 0. The van der Waals surface area contributed by atoms with Crippen molar-refractivity contribution in [1.82, 2.24) is 4.90 Å². The summed E-state index contributed by atoms with van der Waals surface area (Å²) in [5.74, 6) is 1.37. The fourth-order valence-electron chi connectivity index (χ4n) is 3.66. The van der Waals surface area contributed by atoms with Crippen molar-refractivity contribution in [3.63, 3.8) is 0 Å². The summed E-state index contributed by atoms with van der Waals surface area (Å²) in [5, 5.41) is 0. The molecule has 0 radical (unpaired) electrons. The molecule has 2 aromatic rings. The van der Waals surface area contributed by atoms with E-state index in [4.69, 9.17) is 9.47 Å². The van der Waals surface area contributed by atoms with E-state index in [2.05, 4.69) is 0 Å². The van der Waals surface area contributed by atoms with Gasteiger partial charge in [-0.3, -0.25) is 4.79 Å². The fourth-order valence-corrected chi connectivity index (χ4v) is 3.66. The number of hydrogen-bond acceptors (Lipinski definition) is 3. The summed E-state index contributed by atoms with van der Waals surface area (Å²) in [6.07, 6.45) is -1.95. The highest BCUT2D eigenvalue weighted by Gasteiger charge is 2.30. The standard InChI is InChI=1S/C22H24F3NO3/c1-28-19-8-5-17(14-20(19)29-2)21(27)26-11-9-16(10-12-26)13-15-3-6-18(7-4-15)22(23,24)25/h3-8,14,16H,9-13H2,1-2H3. The molecule has 0 bridgehead atoms. The van der Waals surface area contributed by atoms with Crippen LogP contribution in [0.5, 0.6) is 11.5 Å². The Bertz CT molecular complexity index is 841. The van der Waals surface area contributed by atoms with Crippen LogP contribution in [-0.4, -0.2) is 38.1 Å². The number of carbonyl (C=O) groups excluding carboxylic acids is 1. The maximum absolute atomic E-state index is 12.8. The van der Waals surface area contributed by atoms with Crippen molar-refractivity contribution < 1.29 is 27.4 Å². The van der Waals surface area contributed by atoms with Gasteiger partial charge in [-0.2, -0.15) is 13.2 Å². The molecule has 0 saturated carbocycles. The number of alkyl halides is 3. The lowest BCUT2D eigenvalue weighted by Gasteiger charge is -2.32. The Hall–Kier alpha value is -2.70. The summed E-state index contributed by atoms with van der Waals surface area (Å²) in [6, 6.07) is 10.5. The molecule has 2 aromatic carbocycles. The number of nitrogens with zero attached hydrogens (tertiary/aromatic N) is 1. The Labute approximate surface area is 168 Å². The second-order valence-corrected chi connectivity index (χ2v) is 7.20. The fraction of sp³-hybridized carbons (Fsp3) is 0.409. The van der Waals surface area contributed by atoms with E-state index in [1.54, 1.807) is 37.4 Å². The van der Waals surface area contributed by atoms with Gasteiger partial charge in [0.15, 0.2) is 11.5 Å². The van der Waals surface area contributed by atoms with Gasteiger partial charge in [-0.1, -0.05) is 12.1 Å². The number of amides is 1. The predicted octanol–water partition coefficient (Wildman–Crippen LogP) is 4.82. The van der Waals surface area contributed by atoms with Crippen molar-refractivity contribution in [3.8, 4) is 11.5 Å². The molecule has 29 heavy (non-hydrogen) atoms. The van der Waals surface area contributed by atoms with Gasteiger partial charge in [-0.15, -0.1) is 0 Å². The van der Waals surface area contributed by atoms with Crippen molar-refractivity contribution in [3.05, 3.63) is 59.2 Å². The Morgan fingerprint density at radius 3 is 2.17 bits per heavy atom. The Balaban J connectivity index is 1.57. The van der Waals surface area contributed by atoms with Crippen molar-refractivity contribution in [2.75, 3.05) is 27.3 Å². The molecule has 1 fully saturated rings. The number of hydrogen-bond donors (Lipinski definition) is 0. The number of ether oxygens (including phenoxy) is 2. The molecule has 0 unspecified atom stereocenters. The molecule has 1 heterocycles. The molecule has 0 aromatic heterocycles. The normalized spacial score (nSPS) is 15.3. The van der Waals surface area contributed by atoms with Gasteiger partial charge in [0.25, 0.3) is 5.91 Å². The van der Waals surface area contributed by atoms with Crippen LogP contribution < -0.4 is 9.47 Å². The van der Waals surface area contributed by atoms with Crippen molar-refractivity contribution in [1.29, 1.82) is 0 Å². The maximum atomic E-state index is 12.8. The topological polar surface area (TPSA) is 38.8 Å². The first kappa shape index (κ1) is 21.0. The highest BCUT2D eigenvalue weighted by atomic mass is 19.4. The van der Waals surface area contributed by atoms with E-state index in [1.807, 2.05) is 4.90 Å². The molecule has 0 N–H and O–H groups in total. The summed E-state index contributed by atoms with van der Waals surface area (Å²) in [7, 11) is 3.07. The lowest BCUT2D eigenvalue weighted by atomic mass is 9.89. The third kappa shape index (κ3) is 5.02. The van der Waals surface area contributed by atoms with Gasteiger partial charge >= 0.3 is 6.18 Å². The molecule has 4 nitrogen and oxygen atoms in total. The number of methoxy groups -OCH3 is 2. The molecular weight excluding hydrogens is 383 g/mol. The van der Waals surface area contributed by atoms with Crippen molar-refractivity contribution in [2.24, 2.45) is 5.92 Å². The molecule has 1 saturated heterocycles. The second-order valence-electron chi connectivity index (χ2n) is 7.20. The van der Waals surface area contributed by atoms with E-state index in [9.17, 15) is 18.0 Å². The zero-order chi connectivity index (χ0) is 21.0. The second kappa shape index (κ2) is 8.76. The molecule has 7 heteroatoms. The van der Waals surface area contributed by atoms with E-state index in [-0.39, 0.29) is 5.91 Å². The third-order valence-corrected chi connectivity index (χ3v) is 5.34. The molecule has 0 aliphatic carbocycles. The first-order valence-corrected chi connectivity index (χ1v) is 9.49. The number of halogens is 3. The number of carbonyl (C=O) groups is 1. The van der Waals surface area contributed by atoms with Gasteiger partial charge in [0.05, 0.1) is 19.8 Å². The minimum absolute atomic E-state index is 0.0565. The SMILES string of the molecule is COc1ccc(C(=O)N2CCC(Cc3ccc(C(F)(F)F)cc3)CC2)cc1OC. The average Bonchev–Trinajstić information content (AvgIpc) is 2.73. The van der Waals surface area contributed by atoms with Crippen LogP contribution in [0.4, 0.5) is 13.2 Å². The zero-order valence-corrected chi connectivity index (χ0v) is 16.5. The van der Waals surface area contributed by atoms with Gasteiger partial charge in [0, 0.05) is 18.7 Å². The molecule has 1 amide bonds. The van der Waals surface area contributed by atoms with Gasteiger partial charge < -0.3 is 14.4 Å². The van der Waals surface area contributed by atoms with Crippen LogP contribution in [0.15, 0.2) is 42.5 Å². The van der Waals surface area contributed by atoms with E-state index >= 15 is 0 Å². The van der Waals surface area contributed by atoms with Crippen LogP contribution in [-0.2, 0) is 12.6 Å². The molecule has 1 aliphatic heterocycles. The molecule has 3 rings (SSSR count). The van der Waals surface area contributed by atoms with Crippen LogP contribution in [0.2, 0.25) is 0 Å². The highest BCUT2D eigenvalue weighted by molar-refractivity contribution is 5.95. The van der Waals surface area contributed by atoms with Gasteiger partial charge in [-0.05, 0) is 61.1 Å².